The number of H-pyrrole nitrogens is 2. The van der Waals surface area contributed by atoms with Crippen molar-refractivity contribution >= 4 is 17.4 Å². The minimum Gasteiger partial charge on any atom is -0.326 e. The van der Waals surface area contributed by atoms with Crippen molar-refractivity contribution in [3.05, 3.63) is 61.9 Å². The number of benzene rings is 1. The number of hydrogen-bond donors (Lipinski definition) is 3. The molecule has 1 aromatic heterocycles. The Morgan fingerprint density at radius 2 is 1.91 bits per heavy atom. The molecule has 0 unspecified atom stereocenters. The van der Waals surface area contributed by atoms with Gasteiger partial charge in [0.05, 0.1) is 6.42 Å². The zero-order chi connectivity index (χ0) is 16.3. The van der Waals surface area contributed by atoms with Crippen LogP contribution in [0.4, 0.5) is 5.69 Å². The Labute approximate surface area is 125 Å². The molecule has 0 fully saturated rings. The molecule has 0 bridgehead atoms. The zero-order valence-electron chi connectivity index (χ0n) is 12.1. The maximum atomic E-state index is 12.0. The van der Waals surface area contributed by atoms with Crippen LogP contribution in [0.5, 0.6) is 0 Å². The van der Waals surface area contributed by atoms with Gasteiger partial charge in [0.2, 0.25) is 5.91 Å². The number of nitrogens with one attached hydrogen (secondary N) is 3. The molecule has 22 heavy (non-hydrogen) atoms. The van der Waals surface area contributed by atoms with E-state index in [1.54, 1.807) is 31.2 Å². The quantitative estimate of drug-likeness (QED) is 0.723. The molecule has 0 atom stereocenters. The number of anilines is 1. The summed E-state index contributed by atoms with van der Waals surface area (Å²) in [5, 5.41) is 2.62. The fourth-order valence-electron chi connectivity index (χ4n) is 2.02. The Balaban J connectivity index is 2.18. The van der Waals surface area contributed by atoms with E-state index in [0.717, 1.165) is 0 Å². The average Bonchev–Trinajstić information content (AvgIpc) is 2.43. The molecule has 0 aliphatic heterocycles. The summed E-state index contributed by atoms with van der Waals surface area (Å²) in [4.78, 5) is 50.6. The monoisotopic (exact) mass is 301 g/mol. The summed E-state index contributed by atoms with van der Waals surface area (Å²) in [6.45, 7) is 2.99. The summed E-state index contributed by atoms with van der Waals surface area (Å²) in [5.74, 6) is -0.523. The third kappa shape index (κ3) is 3.57. The van der Waals surface area contributed by atoms with E-state index < -0.39 is 17.2 Å². The lowest BCUT2D eigenvalue weighted by molar-refractivity contribution is -0.115. The van der Waals surface area contributed by atoms with Gasteiger partial charge in [0.15, 0.2) is 5.78 Å². The van der Waals surface area contributed by atoms with Crippen LogP contribution in [0, 0.1) is 6.92 Å². The molecule has 7 heteroatoms. The van der Waals surface area contributed by atoms with Gasteiger partial charge in [-0.15, -0.1) is 0 Å². The van der Waals surface area contributed by atoms with Gasteiger partial charge in [-0.05, 0) is 26.0 Å². The maximum absolute atomic E-state index is 12.0. The summed E-state index contributed by atoms with van der Waals surface area (Å²) >= 11 is 0. The molecule has 0 saturated carbocycles. The first-order valence-corrected chi connectivity index (χ1v) is 6.59. The van der Waals surface area contributed by atoms with Crippen molar-refractivity contribution in [1.82, 2.24) is 9.97 Å². The smallest absolute Gasteiger partial charge is 0.325 e. The Bertz CT molecular complexity index is 848. The first-order chi connectivity index (χ1) is 10.4. The first kappa shape index (κ1) is 15.4. The van der Waals surface area contributed by atoms with Crippen LogP contribution in [-0.2, 0) is 11.2 Å². The highest BCUT2D eigenvalue weighted by Gasteiger charge is 2.12. The van der Waals surface area contributed by atoms with E-state index in [9.17, 15) is 19.2 Å². The lowest BCUT2D eigenvalue weighted by atomic mass is 10.1. The predicted molar refractivity (Wildman–Crippen MR) is 81.2 cm³/mol. The number of ketones is 1. The maximum Gasteiger partial charge on any atom is 0.325 e. The van der Waals surface area contributed by atoms with Gasteiger partial charge in [0, 0.05) is 22.5 Å². The van der Waals surface area contributed by atoms with Gasteiger partial charge in [-0.1, -0.05) is 12.1 Å². The van der Waals surface area contributed by atoms with E-state index in [1.807, 2.05) is 0 Å². The van der Waals surface area contributed by atoms with Crippen LogP contribution in [-0.4, -0.2) is 21.7 Å². The molecule has 1 amide bonds. The molecule has 0 aliphatic carbocycles. The third-order valence-electron chi connectivity index (χ3n) is 3.15. The second-order valence-electron chi connectivity index (χ2n) is 4.87. The topological polar surface area (TPSA) is 112 Å². The van der Waals surface area contributed by atoms with E-state index in [0.29, 0.717) is 16.9 Å². The van der Waals surface area contributed by atoms with Gasteiger partial charge in [0.1, 0.15) is 0 Å². The third-order valence-corrected chi connectivity index (χ3v) is 3.15. The fraction of sp³-hybridized carbons (Fsp3) is 0.200. The second kappa shape index (κ2) is 6.21. The first-order valence-electron chi connectivity index (χ1n) is 6.59. The second-order valence-corrected chi connectivity index (χ2v) is 4.87. The number of aromatic nitrogens is 2. The Morgan fingerprint density at radius 1 is 1.18 bits per heavy atom. The minimum absolute atomic E-state index is 0.107. The fourth-order valence-corrected chi connectivity index (χ4v) is 2.02. The molecule has 0 radical (unpaired) electrons. The Morgan fingerprint density at radius 3 is 2.55 bits per heavy atom. The van der Waals surface area contributed by atoms with Crippen molar-refractivity contribution in [3.63, 3.8) is 0 Å². The van der Waals surface area contributed by atoms with Gasteiger partial charge < -0.3 is 10.3 Å². The number of aryl methyl sites for hydroxylation is 1. The molecule has 114 valence electrons. The lowest BCUT2D eigenvalue weighted by Gasteiger charge is -2.07. The van der Waals surface area contributed by atoms with E-state index in [2.05, 4.69) is 15.3 Å². The van der Waals surface area contributed by atoms with Crippen molar-refractivity contribution in [2.45, 2.75) is 20.3 Å². The molecule has 1 aromatic carbocycles. The highest BCUT2D eigenvalue weighted by Crippen LogP contribution is 2.11. The molecular weight excluding hydrogens is 286 g/mol. The normalized spacial score (nSPS) is 10.3. The number of carbonyl (C=O) groups is 2. The highest BCUT2D eigenvalue weighted by molar-refractivity contribution is 5.97. The van der Waals surface area contributed by atoms with Crippen molar-refractivity contribution in [2.75, 3.05) is 5.32 Å². The van der Waals surface area contributed by atoms with Crippen LogP contribution in [0.2, 0.25) is 0 Å². The number of amides is 1. The number of hydrogen-bond acceptors (Lipinski definition) is 4. The van der Waals surface area contributed by atoms with E-state index in [1.165, 1.54) is 6.92 Å². The molecule has 1 heterocycles. The summed E-state index contributed by atoms with van der Waals surface area (Å²) in [7, 11) is 0. The van der Waals surface area contributed by atoms with E-state index >= 15 is 0 Å². The number of carbonyl (C=O) groups excluding carboxylic acids is 2. The average molecular weight is 301 g/mol. The molecule has 0 saturated heterocycles. The molecule has 7 nitrogen and oxygen atoms in total. The number of aromatic amines is 2. The summed E-state index contributed by atoms with van der Waals surface area (Å²) in [5.41, 5.74) is 0.294. The van der Waals surface area contributed by atoms with Crippen LogP contribution in [0.3, 0.4) is 0 Å². The predicted octanol–water partition coefficient (Wildman–Crippen LogP) is 0.755. The van der Waals surface area contributed by atoms with Gasteiger partial charge in [-0.3, -0.25) is 19.4 Å². The van der Waals surface area contributed by atoms with E-state index in [-0.39, 0.29) is 17.8 Å². The minimum atomic E-state index is -0.610. The number of rotatable bonds is 4. The SMILES string of the molecule is CC(=O)c1cccc(NC(=O)Cc2c(C)[nH]c(=O)[nH]c2=O)c1. The molecule has 0 spiro atoms. The van der Waals surface area contributed by atoms with Gasteiger partial charge in [-0.2, -0.15) is 0 Å². The Hall–Kier alpha value is -2.96. The Kier molecular flexibility index (Phi) is 4.36. The van der Waals surface area contributed by atoms with Gasteiger partial charge >= 0.3 is 5.69 Å². The van der Waals surface area contributed by atoms with Crippen molar-refractivity contribution < 1.29 is 9.59 Å². The summed E-state index contributed by atoms with van der Waals surface area (Å²) in [6, 6.07) is 6.51. The lowest BCUT2D eigenvalue weighted by Crippen LogP contribution is -2.29. The van der Waals surface area contributed by atoms with Crippen molar-refractivity contribution in [2.24, 2.45) is 0 Å². The highest BCUT2D eigenvalue weighted by atomic mass is 16.2. The summed E-state index contributed by atoms with van der Waals surface area (Å²) < 4.78 is 0. The number of Topliss-reactive ketones (excluding diaryl/α,β-unsaturated/α-hetero) is 1. The van der Waals surface area contributed by atoms with Gasteiger partial charge in [-0.25, -0.2) is 4.79 Å². The van der Waals surface area contributed by atoms with E-state index in [4.69, 9.17) is 0 Å². The molecular formula is C15H15N3O4. The molecule has 0 aliphatic rings. The van der Waals surface area contributed by atoms with Crippen LogP contribution in [0.25, 0.3) is 0 Å². The zero-order valence-corrected chi connectivity index (χ0v) is 12.1. The van der Waals surface area contributed by atoms with Crippen LogP contribution < -0.4 is 16.6 Å². The molecule has 2 rings (SSSR count). The standard InChI is InChI=1S/C15H15N3O4/c1-8-12(14(21)18-15(22)16-8)7-13(20)17-11-5-3-4-10(6-11)9(2)19/h3-6H,7H2,1-2H3,(H,17,20)(H2,16,18,21,22). The molecule has 3 N–H and O–H groups in total. The van der Waals surface area contributed by atoms with Crippen LogP contribution in [0.1, 0.15) is 28.5 Å². The van der Waals surface area contributed by atoms with Crippen molar-refractivity contribution in [3.8, 4) is 0 Å². The largest absolute Gasteiger partial charge is 0.326 e. The van der Waals surface area contributed by atoms with Crippen LogP contribution >= 0.6 is 0 Å². The van der Waals surface area contributed by atoms with Crippen molar-refractivity contribution in [1.29, 1.82) is 0 Å². The van der Waals surface area contributed by atoms with Crippen LogP contribution in [0.15, 0.2) is 33.9 Å². The summed E-state index contributed by atoms with van der Waals surface area (Å²) in [6.07, 6.45) is -0.178. The molecule has 2 aromatic rings. The van der Waals surface area contributed by atoms with Gasteiger partial charge in [0.25, 0.3) is 5.56 Å².